The van der Waals surface area contributed by atoms with Crippen molar-refractivity contribution in [1.29, 1.82) is 0 Å². The minimum atomic E-state index is 0.152. The monoisotopic (exact) mass is 291 g/mol. The Labute approximate surface area is 107 Å². The Bertz CT molecular complexity index is 233. The Balaban J connectivity index is 2.45. The molecule has 0 radical (unpaired) electrons. The minimum absolute atomic E-state index is 0.152. The van der Waals surface area contributed by atoms with Crippen LogP contribution in [0.3, 0.4) is 0 Å². The first-order valence-corrected chi connectivity index (χ1v) is 7.13. The Morgan fingerprint density at radius 3 is 2.81 bits per heavy atom. The molecule has 0 aromatic rings. The van der Waals surface area contributed by atoms with Crippen LogP contribution in [0.5, 0.6) is 0 Å². The summed E-state index contributed by atoms with van der Waals surface area (Å²) in [6, 6.07) is 0.218. The van der Waals surface area contributed by atoms with Crippen molar-refractivity contribution in [2.75, 3.05) is 18.5 Å². The van der Waals surface area contributed by atoms with E-state index in [-0.39, 0.29) is 18.1 Å². The second kappa shape index (κ2) is 6.60. The van der Waals surface area contributed by atoms with Crippen molar-refractivity contribution in [2.45, 2.75) is 45.8 Å². The van der Waals surface area contributed by atoms with Gasteiger partial charge in [-0.1, -0.05) is 29.8 Å². The van der Waals surface area contributed by atoms with Gasteiger partial charge >= 0.3 is 0 Å². The van der Waals surface area contributed by atoms with Gasteiger partial charge in [-0.25, -0.2) is 0 Å². The van der Waals surface area contributed by atoms with E-state index in [4.69, 9.17) is 4.74 Å². The van der Waals surface area contributed by atoms with Crippen LogP contribution in [-0.4, -0.2) is 41.4 Å². The van der Waals surface area contributed by atoms with Gasteiger partial charge < -0.3 is 9.64 Å². The molecule has 94 valence electrons. The van der Waals surface area contributed by atoms with Crippen molar-refractivity contribution >= 4 is 21.8 Å². The zero-order valence-electron chi connectivity index (χ0n) is 10.4. The number of amides is 1. The van der Waals surface area contributed by atoms with Gasteiger partial charge in [0.05, 0.1) is 18.8 Å². The average molecular weight is 292 g/mol. The Kier molecular flexibility index (Phi) is 5.76. The highest BCUT2D eigenvalue weighted by atomic mass is 79.9. The fourth-order valence-electron chi connectivity index (χ4n) is 1.81. The van der Waals surface area contributed by atoms with Crippen LogP contribution in [0.2, 0.25) is 0 Å². The zero-order chi connectivity index (χ0) is 12.1. The Hall–Kier alpha value is -0.0900. The summed E-state index contributed by atoms with van der Waals surface area (Å²) in [6.45, 7) is 7.74. The molecule has 16 heavy (non-hydrogen) atoms. The Morgan fingerprint density at radius 2 is 2.25 bits per heavy atom. The molecule has 1 aliphatic heterocycles. The van der Waals surface area contributed by atoms with Crippen LogP contribution in [-0.2, 0) is 9.53 Å². The molecule has 1 heterocycles. The number of rotatable bonds is 4. The van der Waals surface area contributed by atoms with Crippen molar-refractivity contribution < 1.29 is 9.53 Å². The summed E-state index contributed by atoms with van der Waals surface area (Å²) < 4.78 is 5.60. The summed E-state index contributed by atoms with van der Waals surface area (Å²) in [6.07, 6.45) is 1.79. The summed E-state index contributed by atoms with van der Waals surface area (Å²) in [7, 11) is 0. The van der Waals surface area contributed by atoms with E-state index in [0.717, 1.165) is 18.3 Å². The standard InChI is InChI=1S/C12H22BrNO2/c1-9(2)4-5-12(15)14-7-11(6-13)16-8-10(14)3/h9-11H,4-8H2,1-3H3. The fraction of sp³-hybridized carbons (Fsp3) is 0.917. The molecule has 2 unspecified atom stereocenters. The van der Waals surface area contributed by atoms with Crippen LogP contribution in [0.15, 0.2) is 0 Å². The third-order valence-corrected chi connectivity index (χ3v) is 3.66. The van der Waals surface area contributed by atoms with E-state index >= 15 is 0 Å². The highest BCUT2D eigenvalue weighted by Gasteiger charge is 2.28. The topological polar surface area (TPSA) is 29.5 Å². The van der Waals surface area contributed by atoms with Gasteiger partial charge in [0.2, 0.25) is 5.91 Å². The molecule has 0 spiro atoms. The highest BCUT2D eigenvalue weighted by molar-refractivity contribution is 9.09. The molecular formula is C12H22BrNO2. The maximum absolute atomic E-state index is 12.0. The molecule has 3 nitrogen and oxygen atoms in total. The molecule has 0 saturated carbocycles. The SMILES string of the molecule is CC(C)CCC(=O)N1CC(CBr)OCC1C. The van der Waals surface area contributed by atoms with E-state index in [9.17, 15) is 4.79 Å². The first-order chi connectivity index (χ1) is 7.54. The third-order valence-electron chi connectivity index (χ3n) is 2.93. The maximum Gasteiger partial charge on any atom is 0.222 e. The molecule has 0 bridgehead atoms. The number of ether oxygens (including phenoxy) is 1. The number of carbonyl (C=O) groups is 1. The van der Waals surface area contributed by atoms with Gasteiger partial charge in [-0.05, 0) is 19.3 Å². The van der Waals surface area contributed by atoms with Gasteiger partial charge in [0.25, 0.3) is 0 Å². The van der Waals surface area contributed by atoms with Crippen LogP contribution < -0.4 is 0 Å². The van der Waals surface area contributed by atoms with Gasteiger partial charge in [0.15, 0.2) is 0 Å². The molecule has 0 N–H and O–H groups in total. The number of carbonyl (C=O) groups excluding carboxylic acids is 1. The second-order valence-corrected chi connectivity index (χ2v) is 5.58. The second-order valence-electron chi connectivity index (χ2n) is 4.94. The number of nitrogens with zero attached hydrogens (tertiary/aromatic N) is 1. The van der Waals surface area contributed by atoms with Crippen molar-refractivity contribution in [3.05, 3.63) is 0 Å². The van der Waals surface area contributed by atoms with Crippen molar-refractivity contribution in [2.24, 2.45) is 5.92 Å². The van der Waals surface area contributed by atoms with Crippen LogP contribution in [0.25, 0.3) is 0 Å². The summed E-state index contributed by atoms with van der Waals surface area (Å²) in [5, 5.41) is 0.799. The Morgan fingerprint density at radius 1 is 1.56 bits per heavy atom. The molecule has 1 rings (SSSR count). The first kappa shape index (κ1) is 14.0. The summed E-state index contributed by atoms with van der Waals surface area (Å²) in [4.78, 5) is 14.0. The third kappa shape index (κ3) is 4.06. The molecule has 1 fully saturated rings. The molecule has 1 saturated heterocycles. The predicted octanol–water partition coefficient (Wildman–Crippen LogP) is 2.43. The maximum atomic E-state index is 12.0. The molecule has 0 aromatic carbocycles. The first-order valence-electron chi connectivity index (χ1n) is 6.01. The van der Waals surface area contributed by atoms with Gasteiger partial charge in [-0.3, -0.25) is 4.79 Å². The van der Waals surface area contributed by atoms with E-state index in [1.165, 1.54) is 0 Å². The lowest BCUT2D eigenvalue weighted by Crippen LogP contribution is -2.51. The summed E-state index contributed by atoms with van der Waals surface area (Å²) in [5.41, 5.74) is 0. The van der Waals surface area contributed by atoms with E-state index in [1.807, 2.05) is 4.90 Å². The minimum Gasteiger partial charge on any atom is -0.373 e. The lowest BCUT2D eigenvalue weighted by molar-refractivity contribution is -0.143. The van der Waals surface area contributed by atoms with Gasteiger partial charge in [0.1, 0.15) is 0 Å². The van der Waals surface area contributed by atoms with Gasteiger partial charge in [0, 0.05) is 18.3 Å². The average Bonchev–Trinajstić information content (AvgIpc) is 2.26. The fourth-order valence-corrected chi connectivity index (χ4v) is 2.21. The summed E-state index contributed by atoms with van der Waals surface area (Å²) in [5.74, 6) is 0.864. The molecule has 0 aromatic heterocycles. The number of morpholine rings is 1. The largest absolute Gasteiger partial charge is 0.373 e. The summed E-state index contributed by atoms with van der Waals surface area (Å²) >= 11 is 3.41. The van der Waals surface area contributed by atoms with Crippen LogP contribution in [0.1, 0.15) is 33.6 Å². The number of hydrogen-bond donors (Lipinski definition) is 0. The van der Waals surface area contributed by atoms with Crippen molar-refractivity contribution in [3.63, 3.8) is 0 Å². The van der Waals surface area contributed by atoms with E-state index in [1.54, 1.807) is 0 Å². The number of alkyl halides is 1. The number of halogens is 1. The quantitative estimate of drug-likeness (QED) is 0.745. The molecule has 0 aliphatic carbocycles. The molecule has 1 aliphatic rings. The van der Waals surface area contributed by atoms with E-state index in [0.29, 0.717) is 18.9 Å². The van der Waals surface area contributed by atoms with Gasteiger partial charge in [-0.15, -0.1) is 0 Å². The predicted molar refractivity (Wildman–Crippen MR) is 68.8 cm³/mol. The molecule has 1 amide bonds. The van der Waals surface area contributed by atoms with E-state index < -0.39 is 0 Å². The molecular weight excluding hydrogens is 270 g/mol. The normalized spacial score (nSPS) is 26.2. The van der Waals surface area contributed by atoms with Gasteiger partial charge in [-0.2, -0.15) is 0 Å². The molecule has 4 heteroatoms. The zero-order valence-corrected chi connectivity index (χ0v) is 12.0. The number of hydrogen-bond acceptors (Lipinski definition) is 2. The van der Waals surface area contributed by atoms with Crippen LogP contribution in [0, 0.1) is 5.92 Å². The lowest BCUT2D eigenvalue weighted by atomic mass is 10.1. The van der Waals surface area contributed by atoms with Crippen LogP contribution >= 0.6 is 15.9 Å². The van der Waals surface area contributed by atoms with E-state index in [2.05, 4.69) is 36.7 Å². The molecule has 2 atom stereocenters. The highest BCUT2D eigenvalue weighted by Crippen LogP contribution is 2.16. The lowest BCUT2D eigenvalue weighted by Gasteiger charge is -2.37. The smallest absolute Gasteiger partial charge is 0.222 e. The van der Waals surface area contributed by atoms with Crippen molar-refractivity contribution in [1.82, 2.24) is 4.90 Å². The van der Waals surface area contributed by atoms with Crippen LogP contribution in [0.4, 0.5) is 0 Å². The van der Waals surface area contributed by atoms with Crippen molar-refractivity contribution in [3.8, 4) is 0 Å².